The highest BCUT2D eigenvalue weighted by molar-refractivity contribution is 7.30. The van der Waals surface area contributed by atoms with E-state index in [0.717, 1.165) is 0 Å². The van der Waals surface area contributed by atoms with E-state index in [1.165, 1.54) is 61.2 Å². The molecule has 0 amide bonds. The minimum atomic E-state index is 1.39. The zero-order valence-electron chi connectivity index (χ0n) is 12.3. The fourth-order valence-electron chi connectivity index (χ4n) is 3.92. The van der Waals surface area contributed by atoms with E-state index in [1.807, 2.05) is 45.3 Å². The van der Waals surface area contributed by atoms with E-state index in [1.54, 1.807) is 0 Å². The topological polar surface area (TPSA) is 0 Å². The molecular formula is C20H8S4. The van der Waals surface area contributed by atoms with Gasteiger partial charge < -0.3 is 0 Å². The fraction of sp³-hybridized carbons (Fsp3) is 0. The van der Waals surface area contributed by atoms with Crippen LogP contribution in [0, 0.1) is 0 Å². The molecule has 112 valence electrons. The van der Waals surface area contributed by atoms with E-state index < -0.39 is 0 Å². The van der Waals surface area contributed by atoms with Crippen LogP contribution in [0.15, 0.2) is 35.0 Å². The largest absolute Gasteiger partial charge is 0.142 e. The summed E-state index contributed by atoms with van der Waals surface area (Å²) < 4.78 is 5.76. The Labute approximate surface area is 153 Å². The normalized spacial score (nSPS) is 13.7. The monoisotopic (exact) mass is 376 g/mol. The lowest BCUT2D eigenvalue weighted by atomic mass is 10.1. The molecule has 24 heavy (non-hydrogen) atoms. The Morgan fingerprint density at radius 2 is 1.12 bits per heavy atom. The summed E-state index contributed by atoms with van der Waals surface area (Å²) in [6.07, 6.45) is 4.79. The highest BCUT2D eigenvalue weighted by Gasteiger charge is 2.24. The molecular weight excluding hydrogens is 368 g/mol. The van der Waals surface area contributed by atoms with Crippen LogP contribution in [-0.4, -0.2) is 0 Å². The minimum absolute atomic E-state index is 1.39. The van der Waals surface area contributed by atoms with Gasteiger partial charge in [0.1, 0.15) is 0 Å². The summed E-state index contributed by atoms with van der Waals surface area (Å²) in [6, 6.07) is 9.33. The maximum absolute atomic E-state index is 2.42. The molecule has 2 aliphatic carbocycles. The second-order valence-electron chi connectivity index (χ2n) is 6.23. The summed E-state index contributed by atoms with van der Waals surface area (Å²) in [5, 5.41) is 7.19. The standard InChI is InChI=1S/C20H8S4/c1-3-21-19-13-7-9-6-12-10(5-11(9)17(13)23-15(1)19)8-14-18(12)24-16-2-4-22-20(14)16/h1-8H. The molecule has 0 bridgehead atoms. The number of hydrogen-bond donors (Lipinski definition) is 0. The van der Waals surface area contributed by atoms with Crippen molar-refractivity contribution in [3.05, 3.63) is 56.6 Å². The second-order valence-corrected chi connectivity index (χ2v) is 10.2. The molecule has 1 aromatic carbocycles. The molecule has 4 heterocycles. The van der Waals surface area contributed by atoms with Gasteiger partial charge in [0, 0.05) is 41.4 Å². The van der Waals surface area contributed by atoms with Crippen LogP contribution in [0.25, 0.3) is 51.8 Å². The van der Waals surface area contributed by atoms with Gasteiger partial charge in [-0.3, -0.25) is 0 Å². The Balaban J connectivity index is 1.58. The van der Waals surface area contributed by atoms with E-state index in [9.17, 15) is 0 Å². The third-order valence-electron chi connectivity index (χ3n) is 4.97. The van der Waals surface area contributed by atoms with Crippen molar-refractivity contribution in [1.82, 2.24) is 0 Å². The van der Waals surface area contributed by atoms with Crippen molar-refractivity contribution in [2.75, 3.05) is 0 Å². The molecule has 0 aliphatic heterocycles. The average molecular weight is 377 g/mol. The molecule has 4 aromatic heterocycles. The third-order valence-corrected chi connectivity index (χ3v) is 9.53. The van der Waals surface area contributed by atoms with Gasteiger partial charge in [0.15, 0.2) is 0 Å². The summed E-state index contributed by atoms with van der Waals surface area (Å²) in [7, 11) is 0. The number of fused-ring (bicyclic) bond motifs is 10. The third kappa shape index (κ3) is 1.37. The first-order valence-corrected chi connectivity index (χ1v) is 11.1. The van der Waals surface area contributed by atoms with Crippen LogP contribution in [0.2, 0.25) is 0 Å². The van der Waals surface area contributed by atoms with Crippen LogP contribution < -0.4 is 10.4 Å². The molecule has 0 saturated heterocycles. The molecule has 2 aliphatic rings. The molecule has 0 saturated carbocycles. The average Bonchev–Trinajstić information content (AvgIpc) is 3.33. The van der Waals surface area contributed by atoms with Crippen molar-refractivity contribution in [3.8, 4) is 20.9 Å². The lowest BCUT2D eigenvalue weighted by molar-refractivity contribution is 1.60. The fourth-order valence-corrected chi connectivity index (χ4v) is 8.62. The Morgan fingerprint density at radius 3 is 1.62 bits per heavy atom. The van der Waals surface area contributed by atoms with Gasteiger partial charge in [-0.15, -0.1) is 45.3 Å². The van der Waals surface area contributed by atoms with Gasteiger partial charge >= 0.3 is 0 Å². The predicted molar refractivity (Wildman–Crippen MR) is 110 cm³/mol. The Hall–Kier alpha value is -1.72. The van der Waals surface area contributed by atoms with Gasteiger partial charge in [0.05, 0.1) is 9.40 Å². The van der Waals surface area contributed by atoms with E-state index >= 15 is 0 Å². The zero-order valence-corrected chi connectivity index (χ0v) is 15.5. The van der Waals surface area contributed by atoms with Gasteiger partial charge in [0.25, 0.3) is 0 Å². The number of thiophene rings is 4. The quantitative estimate of drug-likeness (QED) is 0.311. The molecule has 0 radical (unpaired) electrons. The Morgan fingerprint density at radius 1 is 0.625 bits per heavy atom. The lowest BCUT2D eigenvalue weighted by Crippen LogP contribution is -2.10. The number of hydrogen-bond acceptors (Lipinski definition) is 4. The van der Waals surface area contributed by atoms with E-state index in [4.69, 9.17) is 0 Å². The molecule has 5 aromatic rings. The molecule has 4 heteroatoms. The van der Waals surface area contributed by atoms with Crippen molar-refractivity contribution in [3.63, 3.8) is 0 Å². The smallest absolute Gasteiger partial charge is 0.0529 e. The highest BCUT2D eigenvalue weighted by Crippen LogP contribution is 2.45. The molecule has 0 nitrogen and oxygen atoms in total. The van der Waals surface area contributed by atoms with Crippen LogP contribution in [0.4, 0.5) is 0 Å². The van der Waals surface area contributed by atoms with Crippen LogP contribution in [0.5, 0.6) is 0 Å². The molecule has 7 rings (SSSR count). The minimum Gasteiger partial charge on any atom is -0.142 e. The SMILES string of the molecule is C1=c2cc3c(cc2-c2sc4ccsc4c21)=Cc1c-3sc2ccsc12. The maximum Gasteiger partial charge on any atom is 0.0529 e. The summed E-state index contributed by atoms with van der Waals surface area (Å²) in [5.41, 5.74) is 5.73. The molecule has 0 unspecified atom stereocenters. The lowest BCUT2D eigenvalue weighted by Gasteiger charge is -1.99. The first-order chi connectivity index (χ1) is 11.9. The van der Waals surface area contributed by atoms with Gasteiger partial charge in [0.2, 0.25) is 0 Å². The van der Waals surface area contributed by atoms with Gasteiger partial charge in [-0.1, -0.05) is 0 Å². The van der Waals surface area contributed by atoms with Crippen LogP contribution in [0.1, 0.15) is 11.1 Å². The molecule has 0 spiro atoms. The van der Waals surface area contributed by atoms with Crippen LogP contribution >= 0.6 is 45.3 Å². The van der Waals surface area contributed by atoms with Crippen molar-refractivity contribution in [1.29, 1.82) is 0 Å². The summed E-state index contributed by atoms with van der Waals surface area (Å²) in [6.45, 7) is 0. The van der Waals surface area contributed by atoms with E-state index in [-0.39, 0.29) is 0 Å². The highest BCUT2D eigenvalue weighted by atomic mass is 32.1. The summed E-state index contributed by atoms with van der Waals surface area (Å²) in [5.74, 6) is 0. The van der Waals surface area contributed by atoms with Gasteiger partial charge in [-0.25, -0.2) is 0 Å². The molecule has 0 N–H and O–H groups in total. The van der Waals surface area contributed by atoms with Crippen LogP contribution in [-0.2, 0) is 0 Å². The first-order valence-electron chi connectivity index (χ1n) is 7.75. The summed E-state index contributed by atoms with van der Waals surface area (Å²) >= 11 is 7.61. The second kappa shape index (κ2) is 4.09. The van der Waals surface area contributed by atoms with Crippen molar-refractivity contribution in [2.45, 2.75) is 0 Å². The van der Waals surface area contributed by atoms with Gasteiger partial charge in [-0.05, 0) is 57.6 Å². The number of benzene rings is 1. The van der Waals surface area contributed by atoms with Crippen molar-refractivity contribution < 1.29 is 0 Å². The van der Waals surface area contributed by atoms with Crippen LogP contribution in [0.3, 0.4) is 0 Å². The Kier molecular flexibility index (Phi) is 2.15. The van der Waals surface area contributed by atoms with E-state index in [0.29, 0.717) is 0 Å². The van der Waals surface area contributed by atoms with Crippen molar-refractivity contribution >= 4 is 76.3 Å². The van der Waals surface area contributed by atoms with Crippen molar-refractivity contribution in [2.24, 2.45) is 0 Å². The van der Waals surface area contributed by atoms with Gasteiger partial charge in [-0.2, -0.15) is 0 Å². The predicted octanol–water partition coefficient (Wildman–Crippen LogP) is 5.86. The maximum atomic E-state index is 2.42. The Bertz CT molecular complexity index is 1340. The summed E-state index contributed by atoms with van der Waals surface area (Å²) in [4.78, 5) is 2.92. The van der Waals surface area contributed by atoms with E-state index in [2.05, 4.69) is 47.2 Å². The zero-order chi connectivity index (χ0) is 15.4. The number of rotatable bonds is 0. The molecule has 0 atom stereocenters. The molecule has 0 fully saturated rings. The first kappa shape index (κ1) is 12.6.